The van der Waals surface area contributed by atoms with Gasteiger partial charge in [-0.25, -0.2) is 0 Å². The molecular weight excluding hydrogens is 270 g/mol. The summed E-state index contributed by atoms with van der Waals surface area (Å²) in [5.74, 6) is 1.18. The van der Waals surface area contributed by atoms with Gasteiger partial charge in [-0.05, 0) is 50.5 Å². The molecular formula is C15H23N3O3. The smallest absolute Gasteiger partial charge is 0.273 e. The monoisotopic (exact) mass is 293 g/mol. The lowest BCUT2D eigenvalue weighted by Crippen LogP contribution is -2.37. The molecule has 21 heavy (non-hydrogen) atoms. The van der Waals surface area contributed by atoms with Crippen LogP contribution in [0.15, 0.2) is 18.2 Å². The van der Waals surface area contributed by atoms with Crippen LogP contribution in [-0.4, -0.2) is 43.6 Å². The van der Waals surface area contributed by atoms with Gasteiger partial charge in [0.25, 0.3) is 5.69 Å². The minimum Gasteiger partial charge on any atom is -0.496 e. The predicted molar refractivity (Wildman–Crippen MR) is 81.6 cm³/mol. The maximum absolute atomic E-state index is 10.9. The van der Waals surface area contributed by atoms with Crippen molar-refractivity contribution in [2.24, 2.45) is 5.92 Å². The quantitative estimate of drug-likeness (QED) is 0.642. The zero-order chi connectivity index (χ0) is 15.2. The molecule has 116 valence electrons. The molecule has 1 aliphatic rings. The van der Waals surface area contributed by atoms with Crippen molar-refractivity contribution in [1.82, 2.24) is 10.2 Å². The van der Waals surface area contributed by atoms with Crippen molar-refractivity contribution in [3.63, 3.8) is 0 Å². The Hall–Kier alpha value is -1.66. The van der Waals surface area contributed by atoms with Crippen molar-refractivity contribution in [3.8, 4) is 5.75 Å². The third-order valence-electron chi connectivity index (χ3n) is 3.88. The van der Waals surface area contributed by atoms with Gasteiger partial charge in [0, 0.05) is 19.2 Å². The van der Waals surface area contributed by atoms with E-state index in [1.54, 1.807) is 6.07 Å². The fraction of sp³-hybridized carbons (Fsp3) is 0.600. The Morgan fingerprint density at radius 3 is 2.95 bits per heavy atom. The number of ether oxygens (including phenoxy) is 1. The van der Waals surface area contributed by atoms with Crippen molar-refractivity contribution in [2.45, 2.75) is 19.4 Å². The predicted octanol–water partition coefficient (Wildman–Crippen LogP) is 2.03. The number of non-ortho nitro benzene ring substituents is 1. The number of nitro benzene ring substituents is 1. The highest BCUT2D eigenvalue weighted by molar-refractivity contribution is 5.42. The summed E-state index contributed by atoms with van der Waals surface area (Å²) >= 11 is 0. The molecule has 1 aromatic rings. The van der Waals surface area contributed by atoms with Crippen molar-refractivity contribution in [1.29, 1.82) is 0 Å². The van der Waals surface area contributed by atoms with Gasteiger partial charge in [-0.15, -0.1) is 0 Å². The van der Waals surface area contributed by atoms with Gasteiger partial charge in [0.2, 0.25) is 0 Å². The second-order valence-corrected chi connectivity index (χ2v) is 5.70. The number of methoxy groups -OCH3 is 1. The van der Waals surface area contributed by atoms with Crippen LogP contribution in [0, 0.1) is 16.0 Å². The Balaban J connectivity index is 1.90. The Kier molecular flexibility index (Phi) is 5.52. The summed E-state index contributed by atoms with van der Waals surface area (Å²) < 4.78 is 5.12. The van der Waals surface area contributed by atoms with E-state index in [-0.39, 0.29) is 10.6 Å². The number of hydrogen-bond acceptors (Lipinski definition) is 5. The molecule has 0 spiro atoms. The van der Waals surface area contributed by atoms with E-state index < -0.39 is 0 Å². The molecule has 0 aliphatic carbocycles. The van der Waals surface area contributed by atoms with Gasteiger partial charge in [0.15, 0.2) is 0 Å². The number of nitrogens with one attached hydrogen (secondary N) is 1. The van der Waals surface area contributed by atoms with E-state index >= 15 is 0 Å². The molecule has 1 aliphatic heterocycles. The van der Waals surface area contributed by atoms with Crippen LogP contribution >= 0.6 is 0 Å². The summed E-state index contributed by atoms with van der Waals surface area (Å²) in [6.07, 6.45) is 2.49. The Morgan fingerprint density at radius 1 is 1.48 bits per heavy atom. The molecule has 2 rings (SSSR count). The van der Waals surface area contributed by atoms with Gasteiger partial charge in [0.05, 0.1) is 18.1 Å². The SMILES string of the molecule is COc1cc(CNCC2CCCN(C)C2)cc([N+](=O)[O-])c1. The van der Waals surface area contributed by atoms with E-state index in [1.807, 2.05) is 6.07 Å². The molecule has 0 aromatic heterocycles. The molecule has 1 aromatic carbocycles. The number of piperidine rings is 1. The molecule has 1 heterocycles. The lowest BCUT2D eigenvalue weighted by molar-refractivity contribution is -0.385. The molecule has 6 heteroatoms. The summed E-state index contributed by atoms with van der Waals surface area (Å²) in [6, 6.07) is 4.88. The van der Waals surface area contributed by atoms with Gasteiger partial charge in [-0.1, -0.05) is 0 Å². The molecule has 1 fully saturated rings. The number of nitrogens with zero attached hydrogens (tertiary/aromatic N) is 2. The second-order valence-electron chi connectivity index (χ2n) is 5.70. The lowest BCUT2D eigenvalue weighted by Gasteiger charge is -2.29. The zero-order valence-corrected chi connectivity index (χ0v) is 12.7. The summed E-state index contributed by atoms with van der Waals surface area (Å²) in [7, 11) is 3.67. The molecule has 1 N–H and O–H groups in total. The fourth-order valence-corrected chi connectivity index (χ4v) is 2.83. The van der Waals surface area contributed by atoms with Crippen LogP contribution in [-0.2, 0) is 6.54 Å². The van der Waals surface area contributed by atoms with Crippen LogP contribution in [0.2, 0.25) is 0 Å². The standard InChI is InChI=1S/C15H23N3O3/c1-17-5-3-4-12(11-17)9-16-10-13-6-14(18(19)20)8-15(7-13)21-2/h6-8,12,16H,3-5,9-11H2,1-2H3. The number of nitro groups is 1. The first-order valence-corrected chi connectivity index (χ1v) is 7.30. The molecule has 1 saturated heterocycles. The van der Waals surface area contributed by atoms with Crippen molar-refractivity contribution in [2.75, 3.05) is 33.8 Å². The highest BCUT2D eigenvalue weighted by Crippen LogP contribution is 2.22. The van der Waals surface area contributed by atoms with Gasteiger partial charge in [0.1, 0.15) is 5.75 Å². The van der Waals surface area contributed by atoms with E-state index in [0.717, 1.165) is 18.7 Å². The fourth-order valence-electron chi connectivity index (χ4n) is 2.83. The van der Waals surface area contributed by atoms with Crippen LogP contribution < -0.4 is 10.1 Å². The first kappa shape index (κ1) is 15.7. The topological polar surface area (TPSA) is 67.6 Å². The van der Waals surface area contributed by atoms with Crippen LogP contribution in [0.25, 0.3) is 0 Å². The third-order valence-corrected chi connectivity index (χ3v) is 3.88. The molecule has 0 radical (unpaired) electrons. The summed E-state index contributed by atoms with van der Waals surface area (Å²) in [5, 5.41) is 14.3. The lowest BCUT2D eigenvalue weighted by atomic mass is 9.98. The van der Waals surface area contributed by atoms with E-state index in [1.165, 1.54) is 32.6 Å². The van der Waals surface area contributed by atoms with E-state index in [0.29, 0.717) is 18.2 Å². The van der Waals surface area contributed by atoms with Gasteiger partial charge in [-0.2, -0.15) is 0 Å². The van der Waals surface area contributed by atoms with E-state index in [4.69, 9.17) is 4.74 Å². The largest absolute Gasteiger partial charge is 0.496 e. The first-order chi connectivity index (χ1) is 10.1. The maximum atomic E-state index is 10.9. The molecule has 6 nitrogen and oxygen atoms in total. The molecule has 1 unspecified atom stereocenters. The normalized spacial score (nSPS) is 19.4. The summed E-state index contributed by atoms with van der Waals surface area (Å²) in [4.78, 5) is 12.9. The highest BCUT2D eigenvalue weighted by Gasteiger charge is 2.16. The van der Waals surface area contributed by atoms with Crippen molar-refractivity contribution >= 4 is 5.69 Å². The van der Waals surface area contributed by atoms with E-state index in [9.17, 15) is 10.1 Å². The second kappa shape index (κ2) is 7.38. The highest BCUT2D eigenvalue weighted by atomic mass is 16.6. The third kappa shape index (κ3) is 4.68. The Morgan fingerprint density at radius 2 is 2.29 bits per heavy atom. The number of benzene rings is 1. The average Bonchev–Trinajstić information content (AvgIpc) is 2.47. The maximum Gasteiger partial charge on any atom is 0.273 e. The van der Waals surface area contributed by atoms with E-state index in [2.05, 4.69) is 17.3 Å². The van der Waals surface area contributed by atoms with Gasteiger partial charge in [-0.3, -0.25) is 10.1 Å². The zero-order valence-electron chi connectivity index (χ0n) is 12.7. The van der Waals surface area contributed by atoms with Gasteiger partial charge < -0.3 is 15.0 Å². The molecule has 0 saturated carbocycles. The van der Waals surface area contributed by atoms with Crippen LogP contribution in [0.3, 0.4) is 0 Å². The summed E-state index contributed by atoms with van der Waals surface area (Å²) in [6.45, 7) is 3.86. The average molecular weight is 293 g/mol. The van der Waals surface area contributed by atoms with Crippen molar-refractivity contribution < 1.29 is 9.66 Å². The Labute approximate surface area is 125 Å². The first-order valence-electron chi connectivity index (χ1n) is 7.30. The minimum absolute atomic E-state index is 0.0727. The number of rotatable bonds is 6. The Bertz CT molecular complexity index is 493. The minimum atomic E-state index is -0.387. The number of likely N-dealkylation sites (tertiary alicyclic amines) is 1. The molecule has 1 atom stereocenters. The van der Waals surface area contributed by atoms with Crippen LogP contribution in [0.4, 0.5) is 5.69 Å². The molecule has 0 bridgehead atoms. The van der Waals surface area contributed by atoms with Crippen molar-refractivity contribution in [3.05, 3.63) is 33.9 Å². The van der Waals surface area contributed by atoms with Crippen LogP contribution in [0.1, 0.15) is 18.4 Å². The molecule has 0 amide bonds. The summed E-state index contributed by atoms with van der Waals surface area (Å²) in [5.41, 5.74) is 0.953. The number of hydrogen-bond donors (Lipinski definition) is 1. The van der Waals surface area contributed by atoms with Gasteiger partial charge >= 0.3 is 0 Å². The van der Waals surface area contributed by atoms with Crippen LogP contribution in [0.5, 0.6) is 5.75 Å².